The second-order valence-electron chi connectivity index (χ2n) is 6.85. The normalized spacial score (nSPS) is 13.2. The molecular weight excluding hydrogens is 456 g/mol. The largest absolute Gasteiger partial charge is 0.307 e. The minimum absolute atomic E-state index is 0.140. The van der Waals surface area contributed by atoms with Crippen molar-refractivity contribution in [2.24, 2.45) is 7.05 Å². The van der Waals surface area contributed by atoms with Gasteiger partial charge in [0.2, 0.25) is 0 Å². The number of fused-ring (bicyclic) bond motifs is 1. The zero-order valence-electron chi connectivity index (χ0n) is 15.6. The van der Waals surface area contributed by atoms with Crippen LogP contribution >= 0.6 is 15.9 Å². The van der Waals surface area contributed by atoms with Gasteiger partial charge in [0.05, 0.1) is 10.6 Å². The molecule has 1 aliphatic carbocycles. The summed E-state index contributed by atoms with van der Waals surface area (Å²) in [5, 5.41) is 7.36. The zero-order chi connectivity index (χ0) is 20.6. The summed E-state index contributed by atoms with van der Waals surface area (Å²) in [6.07, 6.45) is 2.85. The number of hydrogen-bond acceptors (Lipinski definition) is 4. The van der Waals surface area contributed by atoms with E-state index in [-0.39, 0.29) is 10.8 Å². The molecule has 0 radical (unpaired) electrons. The van der Waals surface area contributed by atoms with Crippen LogP contribution in [0.1, 0.15) is 28.0 Å². The van der Waals surface area contributed by atoms with Gasteiger partial charge in [0.25, 0.3) is 15.9 Å². The van der Waals surface area contributed by atoms with E-state index in [1.165, 1.54) is 18.2 Å². The molecule has 0 unspecified atom stereocenters. The lowest BCUT2D eigenvalue weighted by Gasteiger charge is -2.11. The summed E-state index contributed by atoms with van der Waals surface area (Å²) < 4.78 is 30.2. The van der Waals surface area contributed by atoms with E-state index in [0.717, 1.165) is 35.0 Å². The minimum atomic E-state index is -3.75. The molecule has 1 heterocycles. The van der Waals surface area contributed by atoms with Crippen LogP contribution < -0.4 is 10.0 Å². The Morgan fingerprint density at radius 1 is 1.14 bits per heavy atom. The van der Waals surface area contributed by atoms with Gasteiger partial charge in [0.1, 0.15) is 5.82 Å². The first-order valence-electron chi connectivity index (χ1n) is 9.08. The molecule has 0 saturated heterocycles. The van der Waals surface area contributed by atoms with Crippen LogP contribution in [-0.4, -0.2) is 24.1 Å². The van der Waals surface area contributed by atoms with E-state index in [1.54, 1.807) is 42.1 Å². The number of aromatic nitrogens is 2. The average Bonchev–Trinajstić information content (AvgIpc) is 3.24. The van der Waals surface area contributed by atoms with Crippen molar-refractivity contribution in [1.82, 2.24) is 9.78 Å². The van der Waals surface area contributed by atoms with E-state index in [2.05, 4.69) is 31.1 Å². The Hall–Kier alpha value is -2.65. The summed E-state index contributed by atoms with van der Waals surface area (Å²) in [6.45, 7) is 0. The molecule has 2 N–H and O–H groups in total. The molecule has 0 fully saturated rings. The maximum Gasteiger partial charge on any atom is 0.261 e. The second-order valence-corrected chi connectivity index (χ2v) is 9.44. The van der Waals surface area contributed by atoms with Crippen molar-refractivity contribution in [1.29, 1.82) is 0 Å². The van der Waals surface area contributed by atoms with Crippen LogP contribution in [0, 0.1) is 0 Å². The van der Waals surface area contributed by atoms with E-state index in [9.17, 15) is 13.2 Å². The Morgan fingerprint density at radius 2 is 1.90 bits per heavy atom. The minimum Gasteiger partial charge on any atom is -0.307 e. The van der Waals surface area contributed by atoms with Gasteiger partial charge in [-0.15, -0.1) is 0 Å². The molecule has 1 amide bonds. The topological polar surface area (TPSA) is 93.1 Å². The number of carbonyl (C=O) groups is 1. The van der Waals surface area contributed by atoms with E-state index in [4.69, 9.17) is 0 Å². The van der Waals surface area contributed by atoms with E-state index >= 15 is 0 Å². The number of carbonyl (C=O) groups excluding carboxylic acids is 1. The molecule has 2 aromatic carbocycles. The molecule has 0 bridgehead atoms. The number of halogens is 1. The quantitative estimate of drug-likeness (QED) is 0.588. The first kappa shape index (κ1) is 19.7. The lowest BCUT2D eigenvalue weighted by molar-refractivity contribution is 0.102. The number of amides is 1. The van der Waals surface area contributed by atoms with E-state index in [1.807, 2.05) is 0 Å². The standard InChI is InChI=1S/C20H19BrN4O3S/c1-25-19(17-6-3-7-18(17)23-25)22-20(26)13-4-2-5-15(12-13)24-29(27,28)16-10-8-14(21)9-11-16/h2,4-5,8-12,24H,3,6-7H2,1H3,(H,22,26). The van der Waals surface area contributed by atoms with Gasteiger partial charge in [-0.25, -0.2) is 8.42 Å². The maximum absolute atomic E-state index is 12.8. The second kappa shape index (κ2) is 7.64. The van der Waals surface area contributed by atoms with E-state index in [0.29, 0.717) is 17.1 Å². The molecular formula is C20H19BrN4O3S. The Kier molecular flexibility index (Phi) is 5.18. The maximum atomic E-state index is 12.8. The van der Waals surface area contributed by atoms with Crippen LogP contribution in [0.3, 0.4) is 0 Å². The van der Waals surface area contributed by atoms with Gasteiger partial charge in [-0.3, -0.25) is 14.2 Å². The Bertz CT molecular complexity index is 1190. The summed E-state index contributed by atoms with van der Waals surface area (Å²) in [5.41, 5.74) is 2.77. The van der Waals surface area contributed by atoms with Crippen molar-refractivity contribution in [2.75, 3.05) is 10.0 Å². The van der Waals surface area contributed by atoms with Gasteiger partial charge in [0.15, 0.2) is 0 Å². The van der Waals surface area contributed by atoms with Gasteiger partial charge in [-0.05, 0) is 61.7 Å². The van der Waals surface area contributed by atoms with Crippen molar-refractivity contribution in [3.8, 4) is 0 Å². The molecule has 29 heavy (non-hydrogen) atoms. The highest BCUT2D eigenvalue weighted by atomic mass is 79.9. The highest BCUT2D eigenvalue weighted by molar-refractivity contribution is 9.10. The fourth-order valence-corrected chi connectivity index (χ4v) is 4.72. The SMILES string of the molecule is Cn1nc2c(c1NC(=O)c1cccc(NS(=O)(=O)c3ccc(Br)cc3)c1)CCC2. The average molecular weight is 475 g/mol. The molecule has 0 aliphatic heterocycles. The number of rotatable bonds is 5. The number of benzene rings is 2. The first-order chi connectivity index (χ1) is 13.8. The Morgan fingerprint density at radius 3 is 2.66 bits per heavy atom. The van der Waals surface area contributed by atoms with Gasteiger partial charge in [0, 0.05) is 28.3 Å². The smallest absolute Gasteiger partial charge is 0.261 e. The van der Waals surface area contributed by atoms with Crippen molar-refractivity contribution in [3.63, 3.8) is 0 Å². The third kappa shape index (κ3) is 4.06. The van der Waals surface area contributed by atoms with Crippen LogP contribution in [0.2, 0.25) is 0 Å². The van der Waals surface area contributed by atoms with E-state index < -0.39 is 10.0 Å². The van der Waals surface area contributed by atoms with Crippen LogP contribution in [0.15, 0.2) is 57.9 Å². The van der Waals surface area contributed by atoms with Crippen LogP contribution in [0.4, 0.5) is 11.5 Å². The van der Waals surface area contributed by atoms with Crippen molar-refractivity contribution < 1.29 is 13.2 Å². The first-order valence-corrected chi connectivity index (χ1v) is 11.4. The molecule has 150 valence electrons. The summed E-state index contributed by atoms with van der Waals surface area (Å²) in [4.78, 5) is 12.9. The molecule has 0 atom stereocenters. The highest BCUT2D eigenvalue weighted by Crippen LogP contribution is 2.28. The lowest BCUT2D eigenvalue weighted by atomic mass is 10.2. The molecule has 7 nitrogen and oxygen atoms in total. The van der Waals surface area contributed by atoms with Crippen molar-refractivity contribution in [2.45, 2.75) is 24.2 Å². The van der Waals surface area contributed by atoms with Gasteiger partial charge in [-0.1, -0.05) is 22.0 Å². The number of sulfonamides is 1. The number of hydrogen-bond donors (Lipinski definition) is 2. The number of nitrogens with zero attached hydrogens (tertiary/aromatic N) is 2. The summed E-state index contributed by atoms with van der Waals surface area (Å²) in [7, 11) is -1.95. The predicted octanol–water partition coefficient (Wildman–Crippen LogP) is 3.72. The predicted molar refractivity (Wildman–Crippen MR) is 115 cm³/mol. The Labute approximate surface area is 177 Å². The van der Waals surface area contributed by atoms with Crippen LogP contribution in [0.25, 0.3) is 0 Å². The molecule has 9 heteroatoms. The fraction of sp³-hybridized carbons (Fsp3) is 0.200. The molecule has 0 spiro atoms. The summed E-state index contributed by atoms with van der Waals surface area (Å²) in [6, 6.07) is 12.7. The third-order valence-electron chi connectivity index (χ3n) is 4.80. The van der Waals surface area contributed by atoms with Crippen molar-refractivity contribution >= 4 is 43.4 Å². The lowest BCUT2D eigenvalue weighted by Crippen LogP contribution is -2.17. The molecule has 1 aliphatic rings. The monoisotopic (exact) mass is 474 g/mol. The molecule has 3 aromatic rings. The number of nitrogens with one attached hydrogen (secondary N) is 2. The van der Waals surface area contributed by atoms with Gasteiger partial charge >= 0.3 is 0 Å². The van der Waals surface area contributed by atoms with Crippen molar-refractivity contribution in [3.05, 3.63) is 69.8 Å². The van der Waals surface area contributed by atoms with Crippen LogP contribution in [0.5, 0.6) is 0 Å². The number of anilines is 2. The summed E-state index contributed by atoms with van der Waals surface area (Å²) >= 11 is 3.29. The summed E-state index contributed by atoms with van der Waals surface area (Å²) in [5.74, 6) is 0.385. The Balaban J connectivity index is 1.54. The van der Waals surface area contributed by atoms with Crippen LogP contribution in [-0.2, 0) is 29.9 Å². The molecule has 1 aromatic heterocycles. The zero-order valence-corrected chi connectivity index (χ0v) is 18.0. The van der Waals surface area contributed by atoms with Gasteiger partial charge < -0.3 is 5.32 Å². The fourth-order valence-electron chi connectivity index (χ4n) is 3.41. The van der Waals surface area contributed by atoms with Gasteiger partial charge in [-0.2, -0.15) is 5.10 Å². The molecule has 0 saturated carbocycles. The molecule has 4 rings (SSSR count). The third-order valence-corrected chi connectivity index (χ3v) is 6.73. The number of aryl methyl sites for hydroxylation is 2. The highest BCUT2D eigenvalue weighted by Gasteiger charge is 2.22.